The Hall–Kier alpha value is -1.52. The van der Waals surface area contributed by atoms with E-state index in [1.54, 1.807) is 0 Å². The quantitative estimate of drug-likeness (QED) is 0.777. The fraction of sp³-hybridized carbons (Fsp3) is 0.733. The number of urea groups is 1. The van der Waals surface area contributed by atoms with E-state index in [2.05, 4.69) is 17.5 Å². The van der Waals surface area contributed by atoms with Crippen molar-refractivity contribution < 1.29 is 14.7 Å². The lowest BCUT2D eigenvalue weighted by Crippen LogP contribution is -2.51. The van der Waals surface area contributed by atoms with E-state index in [0.29, 0.717) is 6.42 Å². The van der Waals surface area contributed by atoms with E-state index < -0.39 is 5.97 Å². The second kappa shape index (κ2) is 7.31. The molecular weight excluding hydrogens is 256 g/mol. The third-order valence-corrected chi connectivity index (χ3v) is 4.18. The van der Waals surface area contributed by atoms with Gasteiger partial charge in [-0.25, -0.2) is 4.79 Å². The predicted octanol–water partition coefficient (Wildman–Crippen LogP) is 2.52. The molecule has 1 fully saturated rings. The van der Waals surface area contributed by atoms with Crippen molar-refractivity contribution in [2.45, 2.75) is 63.5 Å². The van der Waals surface area contributed by atoms with Gasteiger partial charge in [-0.1, -0.05) is 12.2 Å². The van der Waals surface area contributed by atoms with E-state index in [1.807, 2.05) is 4.90 Å². The Morgan fingerprint density at radius 3 is 2.80 bits per heavy atom. The fourth-order valence-corrected chi connectivity index (χ4v) is 3.04. The minimum Gasteiger partial charge on any atom is -0.481 e. The summed E-state index contributed by atoms with van der Waals surface area (Å²) in [5, 5.41) is 11.9. The van der Waals surface area contributed by atoms with Crippen molar-refractivity contribution in [3.63, 3.8) is 0 Å². The third kappa shape index (κ3) is 4.25. The van der Waals surface area contributed by atoms with Crippen molar-refractivity contribution in [2.24, 2.45) is 0 Å². The maximum atomic E-state index is 12.4. The van der Waals surface area contributed by atoms with Crippen LogP contribution in [0.3, 0.4) is 0 Å². The zero-order valence-corrected chi connectivity index (χ0v) is 11.9. The minimum atomic E-state index is -0.784. The Balaban J connectivity index is 1.87. The number of amides is 2. The number of carboxylic acids is 1. The molecular formula is C15H24N2O3. The molecule has 2 amide bonds. The zero-order chi connectivity index (χ0) is 14.4. The lowest BCUT2D eigenvalue weighted by Gasteiger charge is -2.36. The monoisotopic (exact) mass is 280 g/mol. The third-order valence-electron chi connectivity index (χ3n) is 4.18. The lowest BCUT2D eigenvalue weighted by molar-refractivity contribution is -0.137. The van der Waals surface area contributed by atoms with Crippen LogP contribution in [0, 0.1) is 0 Å². The number of nitrogens with one attached hydrogen (secondary N) is 1. The van der Waals surface area contributed by atoms with Crippen LogP contribution in [0.15, 0.2) is 12.2 Å². The van der Waals surface area contributed by atoms with Crippen molar-refractivity contribution in [2.75, 3.05) is 6.54 Å². The summed E-state index contributed by atoms with van der Waals surface area (Å²) < 4.78 is 0. The van der Waals surface area contributed by atoms with Crippen molar-refractivity contribution >= 4 is 12.0 Å². The first kappa shape index (κ1) is 14.9. The average Bonchev–Trinajstić information content (AvgIpc) is 2.46. The Morgan fingerprint density at radius 1 is 1.25 bits per heavy atom. The van der Waals surface area contributed by atoms with Gasteiger partial charge >= 0.3 is 12.0 Å². The van der Waals surface area contributed by atoms with Gasteiger partial charge in [0.05, 0.1) is 0 Å². The van der Waals surface area contributed by atoms with Gasteiger partial charge in [0.25, 0.3) is 0 Å². The Morgan fingerprint density at radius 2 is 2.10 bits per heavy atom. The first-order valence-electron chi connectivity index (χ1n) is 7.60. The van der Waals surface area contributed by atoms with Gasteiger partial charge in [-0.15, -0.1) is 0 Å². The van der Waals surface area contributed by atoms with Crippen LogP contribution in [0.4, 0.5) is 4.79 Å². The van der Waals surface area contributed by atoms with Crippen LogP contribution in [0.25, 0.3) is 0 Å². The molecule has 112 valence electrons. The molecule has 2 aliphatic rings. The van der Waals surface area contributed by atoms with Crippen LogP contribution in [-0.4, -0.2) is 40.6 Å². The van der Waals surface area contributed by atoms with E-state index in [0.717, 1.165) is 45.1 Å². The SMILES string of the molecule is O=C(O)CCC1CCCCN1C(=O)NC1CC=CCC1. The Kier molecular flexibility index (Phi) is 5.44. The van der Waals surface area contributed by atoms with E-state index in [-0.39, 0.29) is 24.5 Å². The molecule has 0 saturated carbocycles. The maximum Gasteiger partial charge on any atom is 0.317 e. The van der Waals surface area contributed by atoms with Gasteiger partial charge in [0.2, 0.25) is 0 Å². The maximum absolute atomic E-state index is 12.4. The molecule has 2 unspecified atom stereocenters. The largest absolute Gasteiger partial charge is 0.481 e. The molecule has 20 heavy (non-hydrogen) atoms. The molecule has 0 bridgehead atoms. The first-order chi connectivity index (χ1) is 9.66. The molecule has 1 aliphatic carbocycles. The predicted molar refractivity (Wildman–Crippen MR) is 76.5 cm³/mol. The molecule has 0 aromatic rings. The molecule has 5 heteroatoms. The number of likely N-dealkylation sites (tertiary alicyclic amines) is 1. The highest BCUT2D eigenvalue weighted by molar-refractivity contribution is 5.75. The number of rotatable bonds is 4. The average molecular weight is 280 g/mol. The van der Waals surface area contributed by atoms with Crippen LogP contribution in [-0.2, 0) is 4.79 Å². The number of hydrogen-bond acceptors (Lipinski definition) is 2. The fourth-order valence-electron chi connectivity index (χ4n) is 3.04. The topological polar surface area (TPSA) is 69.6 Å². The number of carboxylic acid groups (broad SMARTS) is 1. The normalized spacial score (nSPS) is 26.3. The van der Waals surface area contributed by atoms with E-state index in [1.165, 1.54) is 0 Å². The van der Waals surface area contributed by atoms with Crippen molar-refractivity contribution in [3.8, 4) is 0 Å². The van der Waals surface area contributed by atoms with Crippen molar-refractivity contribution in [1.82, 2.24) is 10.2 Å². The smallest absolute Gasteiger partial charge is 0.317 e. The highest BCUT2D eigenvalue weighted by Crippen LogP contribution is 2.21. The van der Waals surface area contributed by atoms with Crippen LogP contribution < -0.4 is 5.32 Å². The highest BCUT2D eigenvalue weighted by Gasteiger charge is 2.28. The zero-order valence-electron chi connectivity index (χ0n) is 11.9. The first-order valence-corrected chi connectivity index (χ1v) is 7.60. The van der Waals surface area contributed by atoms with Crippen molar-refractivity contribution in [1.29, 1.82) is 0 Å². The molecule has 1 saturated heterocycles. The summed E-state index contributed by atoms with van der Waals surface area (Å²) in [6, 6.07) is 0.300. The van der Waals surface area contributed by atoms with Crippen LogP contribution in [0.5, 0.6) is 0 Å². The standard InChI is InChI=1S/C15H24N2O3/c18-14(19)10-9-13-8-4-5-11-17(13)15(20)16-12-6-2-1-3-7-12/h1-2,12-13H,3-11H2,(H,16,20)(H,18,19). The molecule has 5 nitrogen and oxygen atoms in total. The number of piperidine rings is 1. The van der Waals surface area contributed by atoms with Gasteiger partial charge in [-0.2, -0.15) is 0 Å². The van der Waals surface area contributed by atoms with E-state index >= 15 is 0 Å². The molecule has 2 rings (SSSR count). The number of carbonyl (C=O) groups excluding carboxylic acids is 1. The van der Waals surface area contributed by atoms with E-state index in [4.69, 9.17) is 5.11 Å². The molecule has 0 aromatic heterocycles. The summed E-state index contributed by atoms with van der Waals surface area (Å²) in [6.07, 6.45) is 10.9. The summed E-state index contributed by atoms with van der Waals surface area (Å²) >= 11 is 0. The lowest BCUT2D eigenvalue weighted by atomic mass is 9.98. The molecule has 0 spiro atoms. The van der Waals surface area contributed by atoms with Gasteiger partial charge in [0, 0.05) is 25.0 Å². The van der Waals surface area contributed by atoms with Gasteiger partial charge in [-0.3, -0.25) is 4.79 Å². The number of aliphatic carboxylic acids is 1. The van der Waals surface area contributed by atoms with Crippen LogP contribution >= 0.6 is 0 Å². The number of allylic oxidation sites excluding steroid dienone is 1. The highest BCUT2D eigenvalue weighted by atomic mass is 16.4. The number of nitrogens with zero attached hydrogens (tertiary/aromatic N) is 1. The van der Waals surface area contributed by atoms with Crippen LogP contribution in [0.1, 0.15) is 51.4 Å². The van der Waals surface area contributed by atoms with Gasteiger partial charge in [-0.05, 0) is 44.9 Å². The summed E-state index contributed by atoms with van der Waals surface area (Å²) in [6.45, 7) is 0.749. The van der Waals surface area contributed by atoms with Crippen LogP contribution in [0.2, 0.25) is 0 Å². The molecule has 2 atom stereocenters. The van der Waals surface area contributed by atoms with E-state index in [9.17, 15) is 9.59 Å². The summed E-state index contributed by atoms with van der Waals surface area (Å²) in [5.41, 5.74) is 0. The van der Waals surface area contributed by atoms with Gasteiger partial charge in [0.1, 0.15) is 0 Å². The second-order valence-corrected chi connectivity index (χ2v) is 5.71. The molecule has 0 aromatic carbocycles. The summed E-state index contributed by atoms with van der Waals surface area (Å²) in [7, 11) is 0. The number of hydrogen-bond donors (Lipinski definition) is 2. The summed E-state index contributed by atoms with van der Waals surface area (Å²) in [5.74, 6) is -0.784. The second-order valence-electron chi connectivity index (χ2n) is 5.71. The molecule has 1 heterocycles. The Bertz CT molecular complexity index is 381. The minimum absolute atomic E-state index is 0.0135. The summed E-state index contributed by atoms with van der Waals surface area (Å²) in [4.78, 5) is 24.9. The van der Waals surface area contributed by atoms with Crippen molar-refractivity contribution in [3.05, 3.63) is 12.2 Å². The molecule has 0 radical (unpaired) electrons. The van der Waals surface area contributed by atoms with Gasteiger partial charge in [0.15, 0.2) is 0 Å². The molecule has 1 aliphatic heterocycles. The Labute approximate surface area is 120 Å². The molecule has 2 N–H and O–H groups in total. The number of carbonyl (C=O) groups is 2. The van der Waals surface area contributed by atoms with Gasteiger partial charge < -0.3 is 15.3 Å².